The van der Waals surface area contributed by atoms with Crippen LogP contribution in [0.1, 0.15) is 6.92 Å². The maximum atomic E-state index is 6.08. The van der Waals surface area contributed by atoms with Gasteiger partial charge in [-0.2, -0.15) is 0 Å². The molecule has 0 heterocycles. The fourth-order valence-corrected chi connectivity index (χ4v) is 2.01. The van der Waals surface area contributed by atoms with Gasteiger partial charge >= 0.3 is 0 Å². The second-order valence-corrected chi connectivity index (χ2v) is 5.32. The Morgan fingerprint density at radius 1 is 1.11 bits per heavy atom. The van der Waals surface area contributed by atoms with E-state index in [1.807, 2.05) is 48.5 Å². The number of halogens is 2. The Bertz CT molecular complexity index is 526. The molecule has 0 saturated carbocycles. The Morgan fingerprint density at radius 3 is 2.53 bits per heavy atom. The molecule has 1 nitrogen and oxygen atoms in total. The molecule has 0 fully saturated rings. The lowest BCUT2D eigenvalue weighted by Gasteiger charge is -2.14. The first-order valence-corrected chi connectivity index (χ1v) is 7.15. The van der Waals surface area contributed by atoms with Crippen LogP contribution in [0.2, 0.25) is 5.02 Å². The fraction of sp³-hybridized carbons (Fsp3) is 0.250. The van der Waals surface area contributed by atoms with Crippen molar-refractivity contribution in [3.05, 3.63) is 53.6 Å². The predicted molar refractivity (Wildman–Crippen MR) is 82.3 cm³/mol. The van der Waals surface area contributed by atoms with E-state index in [9.17, 15) is 0 Å². The van der Waals surface area contributed by atoms with Gasteiger partial charge in [-0.15, -0.1) is 11.6 Å². The van der Waals surface area contributed by atoms with Gasteiger partial charge in [0.1, 0.15) is 5.75 Å². The largest absolute Gasteiger partial charge is 0.493 e. The van der Waals surface area contributed by atoms with Crippen molar-refractivity contribution in [2.45, 2.75) is 6.92 Å². The molecule has 3 heteroatoms. The number of alkyl halides is 1. The van der Waals surface area contributed by atoms with Gasteiger partial charge in [0.05, 0.1) is 6.61 Å². The minimum Gasteiger partial charge on any atom is -0.493 e. The van der Waals surface area contributed by atoms with E-state index in [-0.39, 0.29) is 0 Å². The highest BCUT2D eigenvalue weighted by molar-refractivity contribution is 6.31. The molecule has 2 aromatic carbocycles. The van der Waals surface area contributed by atoms with Gasteiger partial charge in [0.2, 0.25) is 0 Å². The van der Waals surface area contributed by atoms with Crippen LogP contribution in [0.15, 0.2) is 48.5 Å². The Kier molecular flexibility index (Phi) is 5.12. The summed E-state index contributed by atoms with van der Waals surface area (Å²) in [5.74, 6) is 1.75. The van der Waals surface area contributed by atoms with E-state index < -0.39 is 0 Å². The molecule has 1 unspecified atom stereocenters. The molecule has 0 aliphatic heterocycles. The van der Waals surface area contributed by atoms with Crippen molar-refractivity contribution in [2.75, 3.05) is 12.5 Å². The van der Waals surface area contributed by atoms with Crippen LogP contribution in [0.3, 0.4) is 0 Å². The van der Waals surface area contributed by atoms with Gasteiger partial charge in [0.25, 0.3) is 0 Å². The molecule has 2 aromatic rings. The normalized spacial score (nSPS) is 12.2. The second-order valence-electron chi connectivity index (χ2n) is 4.58. The molecule has 19 heavy (non-hydrogen) atoms. The van der Waals surface area contributed by atoms with E-state index >= 15 is 0 Å². The van der Waals surface area contributed by atoms with Crippen molar-refractivity contribution in [3.63, 3.8) is 0 Å². The highest BCUT2D eigenvalue weighted by Gasteiger charge is 2.09. The van der Waals surface area contributed by atoms with Gasteiger partial charge in [-0.1, -0.05) is 48.9 Å². The lowest BCUT2D eigenvalue weighted by molar-refractivity contribution is 0.274. The van der Waals surface area contributed by atoms with E-state index in [1.165, 1.54) is 0 Å². The van der Waals surface area contributed by atoms with Gasteiger partial charge < -0.3 is 4.74 Å². The maximum Gasteiger partial charge on any atom is 0.127 e. The zero-order chi connectivity index (χ0) is 13.7. The summed E-state index contributed by atoms with van der Waals surface area (Å²) in [4.78, 5) is 0. The van der Waals surface area contributed by atoms with Crippen molar-refractivity contribution in [3.8, 4) is 16.9 Å². The van der Waals surface area contributed by atoms with Crippen LogP contribution < -0.4 is 4.74 Å². The second kappa shape index (κ2) is 6.83. The summed E-state index contributed by atoms with van der Waals surface area (Å²) in [6.07, 6.45) is 0. The Balaban J connectivity index is 2.28. The zero-order valence-corrected chi connectivity index (χ0v) is 12.3. The molecule has 0 saturated heterocycles. The monoisotopic (exact) mass is 294 g/mol. The molecule has 0 aromatic heterocycles. The van der Waals surface area contributed by atoms with Crippen molar-refractivity contribution >= 4 is 23.2 Å². The van der Waals surface area contributed by atoms with Crippen molar-refractivity contribution in [1.82, 2.24) is 0 Å². The Morgan fingerprint density at radius 2 is 1.84 bits per heavy atom. The third kappa shape index (κ3) is 3.89. The molecular weight excluding hydrogens is 279 g/mol. The molecule has 100 valence electrons. The summed E-state index contributed by atoms with van der Waals surface area (Å²) < 4.78 is 5.86. The number of ether oxygens (including phenoxy) is 1. The quantitative estimate of drug-likeness (QED) is 0.684. The summed E-state index contributed by atoms with van der Waals surface area (Å²) in [6.45, 7) is 2.66. The summed E-state index contributed by atoms with van der Waals surface area (Å²) >= 11 is 11.9. The molecule has 1 atom stereocenters. The lowest BCUT2D eigenvalue weighted by Crippen LogP contribution is -2.10. The van der Waals surface area contributed by atoms with Crippen LogP contribution in [0.4, 0.5) is 0 Å². The molecule has 0 bridgehead atoms. The van der Waals surface area contributed by atoms with Crippen LogP contribution in [0.25, 0.3) is 11.1 Å². The standard InChI is InChI=1S/C16H16Cl2O/c1-12(10-17)11-19-16-8-7-14(18)9-15(16)13-5-3-2-4-6-13/h2-9,12H,10-11H2,1H3. The average Bonchev–Trinajstić information content (AvgIpc) is 2.46. The van der Waals surface area contributed by atoms with E-state index in [0.29, 0.717) is 23.4 Å². The number of hydrogen-bond acceptors (Lipinski definition) is 1. The SMILES string of the molecule is CC(CCl)COc1ccc(Cl)cc1-c1ccccc1. The van der Waals surface area contributed by atoms with Crippen LogP contribution in [-0.2, 0) is 0 Å². The van der Waals surface area contributed by atoms with E-state index in [0.717, 1.165) is 16.9 Å². The zero-order valence-electron chi connectivity index (χ0n) is 10.8. The highest BCUT2D eigenvalue weighted by Crippen LogP contribution is 2.32. The first-order chi connectivity index (χ1) is 9.20. The van der Waals surface area contributed by atoms with Crippen LogP contribution in [-0.4, -0.2) is 12.5 Å². The predicted octanol–water partition coefficient (Wildman–Crippen LogP) is 5.26. The summed E-state index contributed by atoms with van der Waals surface area (Å²) in [7, 11) is 0. The molecule has 0 radical (unpaired) electrons. The first-order valence-electron chi connectivity index (χ1n) is 6.24. The topological polar surface area (TPSA) is 9.23 Å². The van der Waals surface area contributed by atoms with Gasteiger partial charge in [-0.25, -0.2) is 0 Å². The van der Waals surface area contributed by atoms with E-state index in [1.54, 1.807) is 0 Å². The third-order valence-electron chi connectivity index (χ3n) is 2.81. The minimum atomic E-state index is 0.320. The molecule has 2 rings (SSSR count). The molecular formula is C16H16Cl2O. The van der Waals surface area contributed by atoms with Crippen molar-refractivity contribution in [1.29, 1.82) is 0 Å². The summed E-state index contributed by atoms with van der Waals surface area (Å²) in [6, 6.07) is 15.8. The van der Waals surface area contributed by atoms with Gasteiger partial charge in [-0.05, 0) is 23.8 Å². The number of rotatable bonds is 5. The average molecular weight is 295 g/mol. The molecule has 0 aliphatic carbocycles. The van der Waals surface area contributed by atoms with Gasteiger partial charge in [0.15, 0.2) is 0 Å². The number of hydrogen-bond donors (Lipinski definition) is 0. The maximum absolute atomic E-state index is 6.08. The van der Waals surface area contributed by atoms with E-state index in [2.05, 4.69) is 6.92 Å². The number of benzene rings is 2. The van der Waals surface area contributed by atoms with Crippen molar-refractivity contribution < 1.29 is 4.74 Å². The Labute approximate surface area is 124 Å². The smallest absolute Gasteiger partial charge is 0.127 e. The molecule has 0 aliphatic rings. The lowest BCUT2D eigenvalue weighted by atomic mass is 10.0. The minimum absolute atomic E-state index is 0.320. The summed E-state index contributed by atoms with van der Waals surface area (Å²) in [5.41, 5.74) is 2.10. The Hall–Kier alpha value is -1.18. The van der Waals surface area contributed by atoms with Crippen LogP contribution >= 0.6 is 23.2 Å². The molecule has 0 spiro atoms. The highest BCUT2D eigenvalue weighted by atomic mass is 35.5. The van der Waals surface area contributed by atoms with Gasteiger partial charge in [0, 0.05) is 22.4 Å². The molecule has 0 amide bonds. The molecule has 0 N–H and O–H groups in total. The van der Waals surface area contributed by atoms with Crippen LogP contribution in [0.5, 0.6) is 5.75 Å². The fourth-order valence-electron chi connectivity index (χ4n) is 1.75. The third-order valence-corrected chi connectivity index (χ3v) is 3.58. The van der Waals surface area contributed by atoms with Gasteiger partial charge in [-0.3, -0.25) is 0 Å². The van der Waals surface area contributed by atoms with Crippen molar-refractivity contribution in [2.24, 2.45) is 5.92 Å². The van der Waals surface area contributed by atoms with Crippen LogP contribution in [0, 0.1) is 5.92 Å². The first kappa shape index (κ1) is 14.2. The van der Waals surface area contributed by atoms with E-state index in [4.69, 9.17) is 27.9 Å². The summed E-state index contributed by atoms with van der Waals surface area (Å²) in [5, 5.41) is 0.705.